The molecule has 0 unspecified atom stereocenters. The minimum Gasteiger partial charge on any atom is -0.481 e. The summed E-state index contributed by atoms with van der Waals surface area (Å²) in [6.45, 7) is 0. The maximum absolute atomic E-state index is 10.6. The molecule has 2 aromatic rings. The van der Waals surface area contributed by atoms with E-state index in [4.69, 9.17) is 5.11 Å². The zero-order valence-corrected chi connectivity index (χ0v) is 12.6. The van der Waals surface area contributed by atoms with Crippen LogP contribution in [0.3, 0.4) is 0 Å². The van der Waals surface area contributed by atoms with Crippen molar-refractivity contribution in [1.29, 1.82) is 0 Å². The number of rotatable bonds is 5. The number of aliphatic carboxylic acids is 1. The number of carboxylic acid groups (broad SMARTS) is 1. The fourth-order valence-electron chi connectivity index (χ4n) is 1.46. The highest BCUT2D eigenvalue weighted by atomic mass is 79.9. The van der Waals surface area contributed by atoms with Crippen molar-refractivity contribution in [1.82, 2.24) is 0 Å². The Hall–Kier alpha value is -0.780. The standard InChI is InChI=1S/C13H11BrO2S2/c14-11-5-6-17-12(11)8-18-10-3-1-9(2-4-10)7-13(15)16/h1-6H,7-8H2,(H,15,16). The lowest BCUT2D eigenvalue weighted by atomic mass is 10.2. The fraction of sp³-hybridized carbons (Fsp3) is 0.154. The summed E-state index contributed by atoms with van der Waals surface area (Å²) in [6.07, 6.45) is 0.0847. The molecule has 5 heteroatoms. The smallest absolute Gasteiger partial charge is 0.307 e. The zero-order chi connectivity index (χ0) is 13.0. The summed E-state index contributed by atoms with van der Waals surface area (Å²) in [6, 6.07) is 9.76. The Morgan fingerprint density at radius 2 is 2.00 bits per heavy atom. The number of thiophene rings is 1. The van der Waals surface area contributed by atoms with Gasteiger partial charge in [0.15, 0.2) is 0 Å². The average Bonchev–Trinajstić information content (AvgIpc) is 2.73. The highest BCUT2D eigenvalue weighted by Crippen LogP contribution is 2.30. The molecule has 0 saturated heterocycles. The molecule has 1 heterocycles. The van der Waals surface area contributed by atoms with Crippen molar-refractivity contribution >= 4 is 45.0 Å². The van der Waals surface area contributed by atoms with Crippen molar-refractivity contribution in [2.75, 3.05) is 0 Å². The van der Waals surface area contributed by atoms with Crippen molar-refractivity contribution in [2.45, 2.75) is 17.1 Å². The molecular weight excluding hydrogens is 332 g/mol. The first-order valence-corrected chi connectivity index (χ1v) is 7.96. The molecule has 0 saturated carbocycles. The van der Waals surface area contributed by atoms with E-state index in [0.717, 1.165) is 20.7 Å². The Morgan fingerprint density at radius 3 is 2.56 bits per heavy atom. The summed E-state index contributed by atoms with van der Waals surface area (Å²) in [5, 5.41) is 10.8. The van der Waals surface area contributed by atoms with Crippen LogP contribution in [0.25, 0.3) is 0 Å². The summed E-state index contributed by atoms with van der Waals surface area (Å²) in [5.41, 5.74) is 0.837. The van der Waals surface area contributed by atoms with Gasteiger partial charge in [-0.15, -0.1) is 23.1 Å². The van der Waals surface area contributed by atoms with E-state index in [-0.39, 0.29) is 6.42 Å². The van der Waals surface area contributed by atoms with Crippen molar-refractivity contribution < 1.29 is 9.90 Å². The average molecular weight is 343 g/mol. The Labute approximate surface area is 122 Å². The Balaban J connectivity index is 1.94. The molecule has 1 aromatic carbocycles. The van der Waals surface area contributed by atoms with Gasteiger partial charge < -0.3 is 5.11 Å². The van der Waals surface area contributed by atoms with E-state index in [0.29, 0.717) is 0 Å². The van der Waals surface area contributed by atoms with Gasteiger partial charge in [0.1, 0.15) is 0 Å². The molecular formula is C13H11BrO2S2. The molecule has 0 bridgehead atoms. The first kappa shape index (κ1) is 13.6. The molecule has 2 nitrogen and oxygen atoms in total. The highest BCUT2D eigenvalue weighted by molar-refractivity contribution is 9.10. The van der Waals surface area contributed by atoms with Gasteiger partial charge in [-0.3, -0.25) is 4.79 Å². The second-order valence-electron chi connectivity index (χ2n) is 3.69. The zero-order valence-electron chi connectivity index (χ0n) is 9.43. The molecule has 0 aliphatic heterocycles. The maximum Gasteiger partial charge on any atom is 0.307 e. The minimum absolute atomic E-state index is 0.0847. The van der Waals surface area contributed by atoms with E-state index < -0.39 is 5.97 Å². The lowest BCUT2D eigenvalue weighted by Gasteiger charge is -2.02. The number of carboxylic acids is 1. The monoisotopic (exact) mass is 342 g/mol. The third kappa shape index (κ3) is 3.86. The molecule has 1 N–H and O–H groups in total. The van der Waals surface area contributed by atoms with E-state index in [9.17, 15) is 4.79 Å². The first-order valence-electron chi connectivity index (χ1n) is 5.30. The van der Waals surface area contributed by atoms with Crippen LogP contribution in [0.5, 0.6) is 0 Å². The number of halogens is 1. The third-order valence-electron chi connectivity index (χ3n) is 2.34. The van der Waals surface area contributed by atoms with Crippen LogP contribution >= 0.6 is 39.0 Å². The molecule has 18 heavy (non-hydrogen) atoms. The van der Waals surface area contributed by atoms with Crippen molar-refractivity contribution in [3.8, 4) is 0 Å². The number of hydrogen-bond donors (Lipinski definition) is 1. The molecule has 1 aromatic heterocycles. The van der Waals surface area contributed by atoms with E-state index in [1.54, 1.807) is 23.1 Å². The minimum atomic E-state index is -0.794. The maximum atomic E-state index is 10.6. The van der Waals surface area contributed by atoms with Gasteiger partial charge in [0.05, 0.1) is 6.42 Å². The van der Waals surface area contributed by atoms with Gasteiger partial charge in [-0.05, 0) is 45.1 Å². The van der Waals surface area contributed by atoms with E-state index >= 15 is 0 Å². The van der Waals surface area contributed by atoms with Gasteiger partial charge in [0.2, 0.25) is 0 Å². The van der Waals surface area contributed by atoms with Crippen LogP contribution in [0.4, 0.5) is 0 Å². The Bertz CT molecular complexity index is 534. The largest absolute Gasteiger partial charge is 0.481 e. The Morgan fingerprint density at radius 1 is 1.28 bits per heavy atom. The summed E-state index contributed by atoms with van der Waals surface area (Å²) in [7, 11) is 0. The Kier molecular flexibility index (Phi) is 4.86. The molecule has 0 radical (unpaired) electrons. The first-order chi connectivity index (χ1) is 8.65. The number of benzene rings is 1. The van der Waals surface area contributed by atoms with Gasteiger partial charge in [0, 0.05) is 20.0 Å². The van der Waals surface area contributed by atoms with Gasteiger partial charge in [-0.25, -0.2) is 0 Å². The van der Waals surface area contributed by atoms with Crippen LogP contribution in [0.1, 0.15) is 10.4 Å². The third-order valence-corrected chi connectivity index (χ3v) is 5.49. The van der Waals surface area contributed by atoms with Crippen LogP contribution < -0.4 is 0 Å². The molecule has 94 valence electrons. The van der Waals surface area contributed by atoms with E-state index in [1.807, 2.05) is 24.3 Å². The van der Waals surface area contributed by atoms with Crippen LogP contribution in [-0.2, 0) is 17.0 Å². The highest BCUT2D eigenvalue weighted by Gasteiger charge is 2.03. The SMILES string of the molecule is O=C(O)Cc1ccc(SCc2sccc2Br)cc1. The normalized spacial score (nSPS) is 10.5. The predicted molar refractivity (Wildman–Crippen MR) is 79.4 cm³/mol. The van der Waals surface area contributed by atoms with Crippen LogP contribution in [0.15, 0.2) is 45.1 Å². The number of hydrogen-bond acceptors (Lipinski definition) is 3. The second-order valence-corrected chi connectivity index (χ2v) is 6.60. The van der Waals surface area contributed by atoms with Crippen LogP contribution in [0.2, 0.25) is 0 Å². The molecule has 0 atom stereocenters. The van der Waals surface area contributed by atoms with Crippen LogP contribution in [-0.4, -0.2) is 11.1 Å². The number of thioether (sulfide) groups is 1. The van der Waals surface area contributed by atoms with E-state index in [2.05, 4.69) is 27.4 Å². The molecule has 0 spiro atoms. The van der Waals surface area contributed by atoms with Crippen LogP contribution in [0, 0.1) is 0 Å². The summed E-state index contributed by atoms with van der Waals surface area (Å²) >= 11 is 7.00. The van der Waals surface area contributed by atoms with Crippen molar-refractivity contribution in [3.05, 3.63) is 50.6 Å². The molecule has 2 rings (SSSR count). The molecule has 0 aliphatic rings. The molecule has 0 amide bonds. The topological polar surface area (TPSA) is 37.3 Å². The van der Waals surface area contributed by atoms with Gasteiger partial charge in [-0.2, -0.15) is 0 Å². The van der Waals surface area contributed by atoms with Crippen molar-refractivity contribution in [3.63, 3.8) is 0 Å². The summed E-state index contributed by atoms with van der Waals surface area (Å²) < 4.78 is 1.16. The quantitative estimate of drug-likeness (QED) is 0.816. The predicted octanol–water partition coefficient (Wildman–Crippen LogP) is 4.43. The second kappa shape index (κ2) is 6.41. The van der Waals surface area contributed by atoms with Gasteiger partial charge in [0.25, 0.3) is 0 Å². The molecule has 0 aliphatic carbocycles. The van der Waals surface area contributed by atoms with Gasteiger partial charge >= 0.3 is 5.97 Å². The van der Waals surface area contributed by atoms with Gasteiger partial charge in [-0.1, -0.05) is 12.1 Å². The fourth-order valence-corrected chi connectivity index (χ4v) is 4.15. The lowest BCUT2D eigenvalue weighted by molar-refractivity contribution is -0.136. The van der Waals surface area contributed by atoms with Crippen molar-refractivity contribution in [2.24, 2.45) is 0 Å². The summed E-state index contributed by atoms with van der Waals surface area (Å²) in [4.78, 5) is 13.0. The van der Waals surface area contributed by atoms with E-state index in [1.165, 1.54) is 4.88 Å². The lowest BCUT2D eigenvalue weighted by Crippen LogP contribution is -1.99. The number of carbonyl (C=O) groups is 1. The summed E-state index contributed by atoms with van der Waals surface area (Å²) in [5.74, 6) is 0.134. The molecule has 0 fully saturated rings.